The predicted octanol–water partition coefficient (Wildman–Crippen LogP) is 1.58. The van der Waals surface area contributed by atoms with Crippen LogP contribution in [0.25, 0.3) is 0 Å². The van der Waals surface area contributed by atoms with Crippen LogP contribution in [0.4, 0.5) is 0 Å². The van der Waals surface area contributed by atoms with Crippen molar-refractivity contribution < 1.29 is 9.53 Å². The molecule has 14 heavy (non-hydrogen) atoms. The van der Waals surface area contributed by atoms with Gasteiger partial charge >= 0.3 is 5.97 Å². The van der Waals surface area contributed by atoms with Crippen molar-refractivity contribution in [3.63, 3.8) is 0 Å². The van der Waals surface area contributed by atoms with Crippen LogP contribution in [0.1, 0.15) is 33.1 Å². The minimum Gasteiger partial charge on any atom is -0.469 e. The molecule has 1 atom stereocenters. The molecule has 1 fully saturated rings. The van der Waals surface area contributed by atoms with Gasteiger partial charge < -0.3 is 10.1 Å². The molecule has 0 radical (unpaired) electrons. The maximum absolute atomic E-state index is 11.1. The van der Waals surface area contributed by atoms with Crippen molar-refractivity contribution >= 4 is 5.97 Å². The zero-order valence-electron chi connectivity index (χ0n) is 9.43. The summed E-state index contributed by atoms with van der Waals surface area (Å²) >= 11 is 0. The highest BCUT2D eigenvalue weighted by molar-refractivity contribution is 5.71. The zero-order chi connectivity index (χ0) is 10.6. The smallest absolute Gasteiger partial charge is 0.309 e. The van der Waals surface area contributed by atoms with Gasteiger partial charge in [-0.2, -0.15) is 0 Å². The Morgan fingerprint density at radius 2 is 2.21 bits per heavy atom. The Hall–Kier alpha value is -0.570. The van der Waals surface area contributed by atoms with Crippen LogP contribution in [-0.4, -0.2) is 26.2 Å². The van der Waals surface area contributed by atoms with Crippen molar-refractivity contribution in [2.45, 2.75) is 33.1 Å². The van der Waals surface area contributed by atoms with E-state index in [1.54, 1.807) is 0 Å². The third-order valence-electron chi connectivity index (χ3n) is 3.17. The van der Waals surface area contributed by atoms with Crippen LogP contribution in [0.2, 0.25) is 0 Å². The fraction of sp³-hybridized carbons (Fsp3) is 0.909. The van der Waals surface area contributed by atoms with Crippen LogP contribution in [0.3, 0.4) is 0 Å². The topological polar surface area (TPSA) is 38.3 Å². The number of ether oxygens (including phenoxy) is 1. The maximum atomic E-state index is 11.1. The molecule has 1 aliphatic rings. The van der Waals surface area contributed by atoms with E-state index in [1.807, 2.05) is 6.92 Å². The van der Waals surface area contributed by atoms with Crippen molar-refractivity contribution in [3.05, 3.63) is 0 Å². The van der Waals surface area contributed by atoms with E-state index in [2.05, 4.69) is 17.0 Å². The van der Waals surface area contributed by atoms with E-state index in [4.69, 9.17) is 0 Å². The molecule has 1 rings (SSSR count). The molecule has 0 aromatic carbocycles. The second-order valence-corrected chi connectivity index (χ2v) is 4.72. The molecule has 0 spiro atoms. The number of nitrogens with one attached hydrogen (secondary N) is 1. The third-order valence-corrected chi connectivity index (χ3v) is 3.17. The van der Waals surface area contributed by atoms with Crippen molar-refractivity contribution in [3.8, 4) is 0 Å². The molecule has 0 bridgehead atoms. The summed E-state index contributed by atoms with van der Waals surface area (Å²) in [6.07, 6.45) is 3.98. The molecule has 1 aliphatic carbocycles. The molecule has 1 unspecified atom stereocenters. The van der Waals surface area contributed by atoms with Crippen molar-refractivity contribution in [2.75, 3.05) is 20.2 Å². The summed E-state index contributed by atoms with van der Waals surface area (Å²) in [5.74, 6) is -0.167. The molecule has 0 aliphatic heterocycles. The van der Waals surface area contributed by atoms with E-state index in [0.717, 1.165) is 13.1 Å². The summed E-state index contributed by atoms with van der Waals surface area (Å²) in [4.78, 5) is 11.1. The molecular formula is C11H21NO2. The second kappa shape index (κ2) is 4.78. The molecule has 0 aromatic heterocycles. The standard InChI is InChI=1S/C11H21NO2/c1-9(10(13)14-3)7-12-8-11(2)5-4-6-11/h9,12H,4-8H2,1-3H3. The van der Waals surface area contributed by atoms with Crippen LogP contribution >= 0.6 is 0 Å². The summed E-state index contributed by atoms with van der Waals surface area (Å²) in [6.45, 7) is 5.94. The van der Waals surface area contributed by atoms with Gasteiger partial charge in [0.15, 0.2) is 0 Å². The van der Waals surface area contributed by atoms with E-state index < -0.39 is 0 Å². The third kappa shape index (κ3) is 2.98. The number of carbonyl (C=O) groups excluding carboxylic acids is 1. The molecule has 3 heteroatoms. The molecule has 1 saturated carbocycles. The lowest BCUT2D eigenvalue weighted by molar-refractivity contribution is -0.144. The van der Waals surface area contributed by atoms with Crippen LogP contribution in [0, 0.1) is 11.3 Å². The van der Waals surface area contributed by atoms with Crippen LogP contribution in [0.15, 0.2) is 0 Å². The lowest BCUT2D eigenvalue weighted by Crippen LogP contribution is -2.39. The molecule has 82 valence electrons. The van der Waals surface area contributed by atoms with Gasteiger partial charge in [-0.1, -0.05) is 20.3 Å². The average molecular weight is 199 g/mol. The summed E-state index contributed by atoms with van der Waals surface area (Å²) in [6, 6.07) is 0. The highest BCUT2D eigenvalue weighted by Crippen LogP contribution is 2.39. The SMILES string of the molecule is COC(=O)C(C)CNCC1(C)CCC1. The Morgan fingerprint density at radius 3 is 2.64 bits per heavy atom. The summed E-state index contributed by atoms with van der Waals surface area (Å²) in [7, 11) is 1.44. The first kappa shape index (κ1) is 11.5. The second-order valence-electron chi connectivity index (χ2n) is 4.72. The minimum absolute atomic E-state index is 0.0383. The molecule has 0 heterocycles. The van der Waals surface area contributed by atoms with Gasteiger partial charge in [0.25, 0.3) is 0 Å². The fourth-order valence-corrected chi connectivity index (χ4v) is 1.83. The number of esters is 1. The molecule has 0 amide bonds. The first-order chi connectivity index (χ1) is 6.57. The molecule has 0 saturated heterocycles. The van der Waals surface area contributed by atoms with Crippen molar-refractivity contribution in [2.24, 2.45) is 11.3 Å². The van der Waals surface area contributed by atoms with Crippen molar-refractivity contribution in [1.29, 1.82) is 0 Å². The summed E-state index contributed by atoms with van der Waals surface area (Å²) in [5.41, 5.74) is 0.482. The number of hydrogen-bond donors (Lipinski definition) is 1. The van der Waals surface area contributed by atoms with Gasteiger partial charge in [-0.3, -0.25) is 4.79 Å². The Bertz CT molecular complexity index is 199. The van der Waals surface area contributed by atoms with E-state index >= 15 is 0 Å². The van der Waals surface area contributed by atoms with Crippen molar-refractivity contribution in [1.82, 2.24) is 5.32 Å². The predicted molar refractivity (Wildman–Crippen MR) is 56.0 cm³/mol. The largest absolute Gasteiger partial charge is 0.469 e. The van der Waals surface area contributed by atoms with Gasteiger partial charge in [0.2, 0.25) is 0 Å². The molecule has 3 nitrogen and oxygen atoms in total. The van der Waals surface area contributed by atoms with E-state index in [0.29, 0.717) is 5.41 Å². The Labute approximate surface area is 86.2 Å². The Balaban J connectivity index is 2.11. The number of rotatable bonds is 5. The number of methoxy groups -OCH3 is 1. The minimum atomic E-state index is -0.128. The highest BCUT2D eigenvalue weighted by atomic mass is 16.5. The highest BCUT2D eigenvalue weighted by Gasteiger charge is 2.31. The fourth-order valence-electron chi connectivity index (χ4n) is 1.83. The number of hydrogen-bond acceptors (Lipinski definition) is 3. The average Bonchev–Trinajstić information content (AvgIpc) is 2.13. The summed E-state index contributed by atoms with van der Waals surface area (Å²) in [5, 5.41) is 3.34. The number of carbonyl (C=O) groups is 1. The van der Waals surface area contributed by atoms with Gasteiger partial charge in [0.05, 0.1) is 13.0 Å². The molecule has 0 aromatic rings. The van der Waals surface area contributed by atoms with E-state index in [1.165, 1.54) is 26.4 Å². The van der Waals surface area contributed by atoms with Crippen LogP contribution in [0.5, 0.6) is 0 Å². The summed E-state index contributed by atoms with van der Waals surface area (Å²) < 4.78 is 4.66. The van der Waals surface area contributed by atoms with Crippen LogP contribution in [-0.2, 0) is 9.53 Å². The Morgan fingerprint density at radius 1 is 1.57 bits per heavy atom. The lowest BCUT2D eigenvalue weighted by atomic mass is 9.70. The van der Waals surface area contributed by atoms with E-state index in [9.17, 15) is 4.79 Å². The maximum Gasteiger partial charge on any atom is 0.309 e. The van der Waals surface area contributed by atoms with Gasteiger partial charge in [0.1, 0.15) is 0 Å². The quantitative estimate of drug-likeness (QED) is 0.683. The molecule has 1 N–H and O–H groups in total. The first-order valence-corrected chi connectivity index (χ1v) is 5.36. The van der Waals surface area contributed by atoms with Crippen LogP contribution < -0.4 is 5.32 Å². The van der Waals surface area contributed by atoms with Gasteiger partial charge in [-0.25, -0.2) is 0 Å². The lowest BCUT2D eigenvalue weighted by Gasteiger charge is -2.38. The van der Waals surface area contributed by atoms with Gasteiger partial charge in [-0.15, -0.1) is 0 Å². The molecular weight excluding hydrogens is 178 g/mol. The monoisotopic (exact) mass is 199 g/mol. The normalized spacial score (nSPS) is 21.1. The van der Waals surface area contributed by atoms with Gasteiger partial charge in [0, 0.05) is 13.1 Å². The van der Waals surface area contributed by atoms with E-state index in [-0.39, 0.29) is 11.9 Å². The Kier molecular flexibility index (Phi) is 3.93. The zero-order valence-corrected chi connectivity index (χ0v) is 9.43. The van der Waals surface area contributed by atoms with Gasteiger partial charge in [-0.05, 0) is 18.3 Å². The first-order valence-electron chi connectivity index (χ1n) is 5.36.